The lowest BCUT2D eigenvalue weighted by Gasteiger charge is -2.28. The van der Waals surface area contributed by atoms with Gasteiger partial charge in [-0.15, -0.1) is 0 Å². The van der Waals surface area contributed by atoms with Gasteiger partial charge in [0.2, 0.25) is 0 Å². The maximum absolute atomic E-state index is 3.74. The van der Waals surface area contributed by atoms with Crippen LogP contribution in [0.25, 0.3) is 11.8 Å². The number of hydrogen-bond acceptors (Lipinski definition) is 1. The molecule has 1 unspecified atom stereocenters. The van der Waals surface area contributed by atoms with E-state index < -0.39 is 0 Å². The van der Waals surface area contributed by atoms with Gasteiger partial charge in [-0.05, 0) is 34.8 Å². The fourth-order valence-corrected chi connectivity index (χ4v) is 3.22. The van der Waals surface area contributed by atoms with Crippen molar-refractivity contribution in [2.45, 2.75) is 12.5 Å². The molecule has 1 aliphatic rings. The first kappa shape index (κ1) is 13.8. The minimum atomic E-state index is 0.300. The molecule has 0 amide bonds. The average Bonchev–Trinajstić information content (AvgIpc) is 2.63. The number of benzene rings is 3. The van der Waals surface area contributed by atoms with E-state index in [1.165, 1.54) is 28.0 Å². The molecule has 3 aromatic rings. The van der Waals surface area contributed by atoms with E-state index in [9.17, 15) is 0 Å². The molecule has 0 aliphatic carbocycles. The maximum atomic E-state index is 3.74. The lowest BCUT2D eigenvalue weighted by atomic mass is 9.90. The third-order valence-electron chi connectivity index (χ3n) is 4.37. The predicted octanol–water partition coefficient (Wildman–Crippen LogP) is 5.07. The summed E-state index contributed by atoms with van der Waals surface area (Å²) in [5.74, 6) is 0. The molecule has 0 aromatic heterocycles. The Kier molecular flexibility index (Phi) is 3.69. The van der Waals surface area contributed by atoms with Crippen molar-refractivity contribution in [2.75, 3.05) is 0 Å². The predicted molar refractivity (Wildman–Crippen MR) is 96.8 cm³/mol. The highest BCUT2D eigenvalue weighted by Crippen LogP contribution is 2.32. The maximum Gasteiger partial charge on any atom is 0.0560 e. The zero-order valence-corrected chi connectivity index (χ0v) is 12.9. The van der Waals surface area contributed by atoms with E-state index in [4.69, 9.17) is 0 Å². The van der Waals surface area contributed by atoms with E-state index >= 15 is 0 Å². The molecule has 0 radical (unpaired) electrons. The van der Waals surface area contributed by atoms with Gasteiger partial charge in [-0.3, -0.25) is 0 Å². The van der Waals surface area contributed by atoms with Crippen LogP contribution in [-0.4, -0.2) is 0 Å². The van der Waals surface area contributed by atoms with Crippen LogP contribution in [0.4, 0.5) is 0 Å². The summed E-state index contributed by atoms with van der Waals surface area (Å²) >= 11 is 0. The molecule has 4 rings (SSSR count). The van der Waals surface area contributed by atoms with Crippen LogP contribution in [0.1, 0.15) is 28.3 Å². The van der Waals surface area contributed by atoms with Crippen molar-refractivity contribution in [1.29, 1.82) is 0 Å². The Morgan fingerprint density at radius 3 is 2.13 bits per heavy atom. The van der Waals surface area contributed by atoms with E-state index in [0.29, 0.717) is 6.04 Å². The first-order chi connectivity index (χ1) is 11.4. The molecular weight excluding hydrogens is 278 g/mol. The molecule has 0 spiro atoms. The number of rotatable bonds is 3. The molecule has 0 saturated carbocycles. The molecule has 1 N–H and O–H groups in total. The molecule has 1 aliphatic heterocycles. The van der Waals surface area contributed by atoms with Crippen LogP contribution in [0.3, 0.4) is 0 Å². The van der Waals surface area contributed by atoms with Crippen molar-refractivity contribution in [3.63, 3.8) is 0 Å². The van der Waals surface area contributed by atoms with Crippen LogP contribution in [0, 0.1) is 0 Å². The van der Waals surface area contributed by atoms with E-state index in [1.54, 1.807) is 0 Å². The van der Waals surface area contributed by atoms with Crippen LogP contribution in [-0.2, 0) is 6.42 Å². The Balaban J connectivity index is 1.72. The summed E-state index contributed by atoms with van der Waals surface area (Å²) in [5, 5.41) is 3.74. The summed E-state index contributed by atoms with van der Waals surface area (Å²) in [5.41, 5.74) is 6.47. The number of nitrogens with one attached hydrogen (secondary N) is 1. The van der Waals surface area contributed by atoms with Crippen molar-refractivity contribution < 1.29 is 0 Å². The highest BCUT2D eigenvalue weighted by atomic mass is 14.9. The van der Waals surface area contributed by atoms with Crippen molar-refractivity contribution in [1.82, 2.24) is 5.32 Å². The molecule has 0 fully saturated rings. The third-order valence-corrected chi connectivity index (χ3v) is 4.37. The third kappa shape index (κ3) is 2.91. The van der Waals surface area contributed by atoms with Gasteiger partial charge in [-0.25, -0.2) is 0 Å². The molecular formula is C22H19N. The Labute approximate surface area is 137 Å². The molecule has 1 atom stereocenters. The standard InChI is InChI=1S/C22H19N/c1-3-9-17(10-4-1)15-22-20-14-8-7-13-19(20)16-21(23-22)18-11-5-2-6-12-18/h1-14,16,22-23H,15H2. The Morgan fingerprint density at radius 1 is 0.696 bits per heavy atom. The van der Waals surface area contributed by atoms with E-state index in [2.05, 4.69) is 96.3 Å². The quantitative estimate of drug-likeness (QED) is 0.711. The Morgan fingerprint density at radius 2 is 1.35 bits per heavy atom. The van der Waals surface area contributed by atoms with Crippen molar-refractivity contribution in [3.8, 4) is 0 Å². The molecule has 3 aromatic carbocycles. The number of hydrogen-bond donors (Lipinski definition) is 1. The zero-order chi connectivity index (χ0) is 15.5. The fraction of sp³-hybridized carbons (Fsp3) is 0.0909. The van der Waals surface area contributed by atoms with Crippen molar-refractivity contribution >= 4 is 11.8 Å². The second-order valence-electron chi connectivity index (χ2n) is 5.94. The largest absolute Gasteiger partial charge is 0.377 e. The highest BCUT2D eigenvalue weighted by molar-refractivity contribution is 5.83. The molecule has 0 bridgehead atoms. The van der Waals surface area contributed by atoms with Gasteiger partial charge < -0.3 is 5.32 Å². The molecule has 112 valence electrons. The average molecular weight is 297 g/mol. The summed E-state index contributed by atoms with van der Waals surface area (Å²) in [4.78, 5) is 0. The zero-order valence-electron chi connectivity index (χ0n) is 12.9. The summed E-state index contributed by atoms with van der Waals surface area (Å²) in [6, 6.07) is 30.2. The van der Waals surface area contributed by atoms with Gasteiger partial charge in [0, 0.05) is 5.70 Å². The summed E-state index contributed by atoms with van der Waals surface area (Å²) < 4.78 is 0. The number of fused-ring (bicyclic) bond motifs is 1. The van der Waals surface area contributed by atoms with E-state index in [0.717, 1.165) is 6.42 Å². The normalized spacial score (nSPS) is 16.2. The summed E-state index contributed by atoms with van der Waals surface area (Å²) in [7, 11) is 0. The molecule has 1 heterocycles. The van der Waals surface area contributed by atoms with Gasteiger partial charge in [0.15, 0.2) is 0 Å². The van der Waals surface area contributed by atoms with Gasteiger partial charge in [0.1, 0.15) is 0 Å². The first-order valence-corrected chi connectivity index (χ1v) is 8.07. The lowest BCUT2D eigenvalue weighted by Crippen LogP contribution is -2.25. The molecule has 1 nitrogen and oxygen atoms in total. The Hall–Kier alpha value is -2.80. The summed E-state index contributed by atoms with van der Waals surface area (Å²) in [6.07, 6.45) is 3.24. The van der Waals surface area contributed by atoms with Crippen LogP contribution < -0.4 is 5.32 Å². The van der Waals surface area contributed by atoms with Crippen molar-refractivity contribution in [3.05, 3.63) is 107 Å². The topological polar surface area (TPSA) is 12.0 Å². The molecule has 0 saturated heterocycles. The second kappa shape index (κ2) is 6.13. The molecule has 1 heteroatoms. The van der Waals surface area contributed by atoms with Crippen LogP contribution >= 0.6 is 0 Å². The van der Waals surface area contributed by atoms with Gasteiger partial charge in [-0.1, -0.05) is 84.9 Å². The SMILES string of the molecule is C1=C(c2ccccc2)NC(Cc2ccccc2)c2ccccc21. The Bertz CT molecular complexity index is 819. The van der Waals surface area contributed by atoms with Gasteiger partial charge in [0.05, 0.1) is 6.04 Å². The minimum Gasteiger partial charge on any atom is -0.377 e. The van der Waals surface area contributed by atoms with Gasteiger partial charge >= 0.3 is 0 Å². The van der Waals surface area contributed by atoms with E-state index in [1.807, 2.05) is 0 Å². The van der Waals surface area contributed by atoms with Crippen LogP contribution in [0.2, 0.25) is 0 Å². The van der Waals surface area contributed by atoms with Crippen LogP contribution in [0.5, 0.6) is 0 Å². The molecule has 23 heavy (non-hydrogen) atoms. The van der Waals surface area contributed by atoms with Gasteiger partial charge in [0.25, 0.3) is 0 Å². The monoisotopic (exact) mass is 297 g/mol. The first-order valence-electron chi connectivity index (χ1n) is 8.07. The van der Waals surface area contributed by atoms with Crippen LogP contribution in [0.15, 0.2) is 84.9 Å². The van der Waals surface area contributed by atoms with Crippen molar-refractivity contribution in [2.24, 2.45) is 0 Å². The second-order valence-corrected chi connectivity index (χ2v) is 5.94. The van der Waals surface area contributed by atoms with Gasteiger partial charge in [-0.2, -0.15) is 0 Å². The fourth-order valence-electron chi connectivity index (χ4n) is 3.22. The smallest absolute Gasteiger partial charge is 0.0560 e. The summed E-state index contributed by atoms with van der Waals surface area (Å²) in [6.45, 7) is 0. The minimum absolute atomic E-state index is 0.300. The lowest BCUT2D eigenvalue weighted by molar-refractivity contribution is 0.625. The highest BCUT2D eigenvalue weighted by Gasteiger charge is 2.21. The van der Waals surface area contributed by atoms with E-state index in [-0.39, 0.29) is 0 Å².